The number of hydrogen-bond donors (Lipinski definition) is 0. The molecule has 48 heavy (non-hydrogen) atoms. The SMILES string of the molecule is CN1CCCc2ccccc21.CN1c2ccccc2Cc2ccccc21.[CH2-]CCc1ccccc1[N-]C.[CH2-]c1ccccc1[N-]C.[Y].[Yb+2]. The van der Waals surface area contributed by atoms with Crippen molar-refractivity contribution in [2.75, 3.05) is 44.5 Å². The van der Waals surface area contributed by atoms with Crippen molar-refractivity contribution in [1.82, 2.24) is 0 Å². The van der Waals surface area contributed by atoms with Crippen molar-refractivity contribution >= 4 is 28.4 Å². The largest absolute Gasteiger partial charge is 2.00 e. The van der Waals surface area contributed by atoms with Gasteiger partial charge in [0.15, 0.2) is 0 Å². The second-order valence-electron chi connectivity index (χ2n) is 11.5. The van der Waals surface area contributed by atoms with Gasteiger partial charge in [0.2, 0.25) is 0 Å². The van der Waals surface area contributed by atoms with Crippen LogP contribution in [0.25, 0.3) is 10.6 Å². The van der Waals surface area contributed by atoms with Gasteiger partial charge in [-0.1, -0.05) is 96.9 Å². The van der Waals surface area contributed by atoms with Crippen molar-refractivity contribution in [3.05, 3.63) is 174 Å². The number of hydrogen-bond acceptors (Lipinski definition) is 2. The first-order chi connectivity index (χ1) is 22.5. The zero-order valence-corrected chi connectivity index (χ0v) is 33.4. The Morgan fingerprint density at radius 2 is 1.10 bits per heavy atom. The van der Waals surface area contributed by atoms with Crippen LogP contribution in [-0.4, -0.2) is 34.7 Å². The summed E-state index contributed by atoms with van der Waals surface area (Å²) >= 11 is 0. The fraction of sp³-hybridized carbons (Fsp3) is 0.238. The smallest absolute Gasteiger partial charge is 0.745 e. The molecule has 0 atom stereocenters. The maximum Gasteiger partial charge on any atom is 2.00 e. The molecule has 0 saturated carbocycles. The van der Waals surface area contributed by atoms with Gasteiger partial charge in [0.25, 0.3) is 0 Å². The first kappa shape index (κ1) is 42.0. The fourth-order valence-corrected chi connectivity index (χ4v) is 5.89. The van der Waals surface area contributed by atoms with Gasteiger partial charge in [-0.2, -0.15) is 19.5 Å². The van der Waals surface area contributed by atoms with Crippen molar-refractivity contribution in [3.8, 4) is 0 Å². The first-order valence-electron chi connectivity index (χ1n) is 16.1. The molecular weight excluding hydrogens is 822 g/mol. The zero-order valence-electron chi connectivity index (χ0n) is 28.8. The number of anilines is 3. The molecule has 0 saturated heterocycles. The van der Waals surface area contributed by atoms with Crippen LogP contribution in [0.15, 0.2) is 121 Å². The maximum absolute atomic E-state index is 4.16. The second kappa shape index (κ2) is 22.5. The quantitative estimate of drug-likeness (QED) is 0.169. The van der Waals surface area contributed by atoms with Crippen molar-refractivity contribution < 1.29 is 79.6 Å². The summed E-state index contributed by atoms with van der Waals surface area (Å²) < 4.78 is 0. The fourth-order valence-electron chi connectivity index (χ4n) is 5.89. The van der Waals surface area contributed by atoms with Crippen LogP contribution in [0.1, 0.15) is 40.7 Å². The minimum Gasteiger partial charge on any atom is -0.745 e. The van der Waals surface area contributed by atoms with E-state index in [4.69, 9.17) is 0 Å². The van der Waals surface area contributed by atoms with E-state index in [0.717, 1.165) is 36.2 Å². The van der Waals surface area contributed by atoms with E-state index in [-0.39, 0.29) is 79.6 Å². The van der Waals surface area contributed by atoms with E-state index in [1.807, 2.05) is 49.5 Å². The van der Waals surface area contributed by atoms with Gasteiger partial charge >= 0.3 is 46.9 Å². The number of nitrogens with zero attached hydrogens (tertiary/aromatic N) is 4. The number of aryl methyl sites for hydroxylation is 2. The Labute approximate surface area is 354 Å². The zero-order chi connectivity index (χ0) is 32.7. The normalized spacial score (nSPS) is 11.8. The van der Waals surface area contributed by atoms with Crippen molar-refractivity contribution in [1.29, 1.82) is 0 Å². The molecule has 0 amide bonds. The predicted octanol–water partition coefficient (Wildman–Crippen LogP) is 11.0. The van der Waals surface area contributed by atoms with Gasteiger partial charge in [-0.25, -0.2) is 12.5 Å². The van der Waals surface area contributed by atoms with E-state index in [1.54, 1.807) is 7.05 Å². The Morgan fingerprint density at radius 3 is 1.62 bits per heavy atom. The molecule has 2 aliphatic heterocycles. The van der Waals surface area contributed by atoms with Crippen LogP contribution in [0.2, 0.25) is 0 Å². The van der Waals surface area contributed by atoms with E-state index < -0.39 is 0 Å². The molecule has 2 aliphatic rings. The molecule has 4 nitrogen and oxygen atoms in total. The standard InChI is InChI=1S/C14H13N.2C10H13N.C8H9N.Y.Yb/c1-15-13-8-4-2-6-11(13)10-12-7-3-5-9-14(12)15;1-11-8-4-6-9-5-2-3-7-10(9)11;1-3-6-9-7-4-5-8-10(9)11-2;1-7-5-3-4-6-8(7)9-2;;/h2-9H,10H2,1H3;2-3,5,7H,4,6,8H2,1H3;4-5,7-8H,1,3,6H2,2H3;3-6H,1H2,2H3;;/q;;2*-2;;+2. The van der Waals surface area contributed by atoms with E-state index in [2.05, 4.69) is 127 Å². The molecule has 7 rings (SSSR count). The topological polar surface area (TPSA) is 34.7 Å². The van der Waals surface area contributed by atoms with Crippen molar-refractivity contribution in [2.45, 2.75) is 32.1 Å². The Kier molecular flexibility index (Phi) is 19.7. The van der Waals surface area contributed by atoms with Gasteiger partial charge in [-0.15, -0.1) is 24.9 Å². The molecule has 0 bridgehead atoms. The van der Waals surface area contributed by atoms with E-state index in [9.17, 15) is 0 Å². The molecule has 6 heteroatoms. The third kappa shape index (κ3) is 12.0. The number of para-hydroxylation sites is 5. The Balaban J connectivity index is 0.000000223. The molecule has 0 N–H and O–H groups in total. The minimum absolute atomic E-state index is 0. The van der Waals surface area contributed by atoms with E-state index >= 15 is 0 Å². The van der Waals surface area contributed by atoms with Gasteiger partial charge < -0.3 is 27.4 Å². The van der Waals surface area contributed by atoms with Gasteiger partial charge in [-0.3, -0.25) is 5.69 Å². The Bertz CT molecular complexity index is 1610. The third-order valence-electron chi connectivity index (χ3n) is 8.34. The third-order valence-corrected chi connectivity index (χ3v) is 8.34. The summed E-state index contributed by atoms with van der Waals surface area (Å²) in [5.74, 6) is 0. The van der Waals surface area contributed by atoms with Crippen molar-refractivity contribution in [3.63, 3.8) is 0 Å². The number of benzene rings is 5. The average molecular weight is 871 g/mol. The monoisotopic (exact) mass is 871 g/mol. The van der Waals surface area contributed by atoms with Gasteiger partial charge in [-0.05, 0) is 47.7 Å². The summed E-state index contributed by atoms with van der Waals surface area (Å²) in [6.07, 6.45) is 5.56. The van der Waals surface area contributed by atoms with Crippen LogP contribution >= 0.6 is 0 Å². The Morgan fingerprint density at radius 1 is 0.625 bits per heavy atom. The molecule has 0 aromatic heterocycles. The van der Waals surface area contributed by atoms with Gasteiger partial charge in [0, 0.05) is 76.8 Å². The summed E-state index contributed by atoms with van der Waals surface area (Å²) in [7, 11) is 7.89. The molecule has 0 unspecified atom stereocenters. The molecule has 0 fully saturated rings. The van der Waals surface area contributed by atoms with Crippen LogP contribution in [0.5, 0.6) is 0 Å². The summed E-state index contributed by atoms with van der Waals surface area (Å²) in [6, 6.07) is 41.9. The van der Waals surface area contributed by atoms with Gasteiger partial charge in [0.05, 0.1) is 0 Å². The van der Waals surface area contributed by atoms with Crippen LogP contribution < -0.4 is 9.80 Å². The van der Waals surface area contributed by atoms with Crippen LogP contribution in [0.4, 0.5) is 28.4 Å². The van der Waals surface area contributed by atoms with E-state index in [1.165, 1.54) is 58.7 Å². The minimum atomic E-state index is 0. The molecule has 2 heterocycles. The average Bonchev–Trinajstić information content (AvgIpc) is 3.10. The van der Waals surface area contributed by atoms with Crippen LogP contribution in [0, 0.1) is 60.8 Å². The molecule has 0 spiro atoms. The molecule has 255 valence electrons. The van der Waals surface area contributed by atoms with Crippen LogP contribution in [-0.2, 0) is 52.0 Å². The first-order valence-corrected chi connectivity index (χ1v) is 16.1. The summed E-state index contributed by atoms with van der Waals surface area (Å²) in [5, 5.41) is 8.17. The molecule has 1 radical (unpaired) electrons. The summed E-state index contributed by atoms with van der Waals surface area (Å²) in [6.45, 7) is 8.82. The number of rotatable bonds is 4. The summed E-state index contributed by atoms with van der Waals surface area (Å²) in [5.41, 5.74) is 12.8. The molecule has 5 aromatic rings. The molecule has 5 aromatic carbocycles. The maximum atomic E-state index is 4.16. The van der Waals surface area contributed by atoms with Crippen molar-refractivity contribution in [2.24, 2.45) is 0 Å². The van der Waals surface area contributed by atoms with Crippen LogP contribution in [0.3, 0.4) is 0 Å². The number of fused-ring (bicyclic) bond motifs is 3. The second-order valence-corrected chi connectivity index (χ2v) is 11.5. The van der Waals surface area contributed by atoms with Gasteiger partial charge in [0.1, 0.15) is 0 Å². The molecule has 0 aliphatic carbocycles. The molecular formula is C42H48N4YYb-2. The Hall–Kier alpha value is -2.21. The van der Waals surface area contributed by atoms with E-state index in [0.29, 0.717) is 0 Å². The summed E-state index contributed by atoms with van der Waals surface area (Å²) in [4.78, 5) is 4.60. The predicted molar refractivity (Wildman–Crippen MR) is 201 cm³/mol.